The second-order valence-electron chi connectivity index (χ2n) is 2.67. The molecule has 0 aromatic rings. The average molecular weight is 335 g/mol. The molecule has 0 saturated carbocycles. The molecule has 0 N–H and O–H groups in total. The van der Waals surface area contributed by atoms with Crippen molar-refractivity contribution in [1.29, 1.82) is 0 Å². The van der Waals surface area contributed by atoms with Crippen molar-refractivity contribution in [3.63, 3.8) is 0 Å². The maximum Gasteiger partial charge on any atom is 1.00 e. The molecule has 0 bridgehead atoms. The van der Waals surface area contributed by atoms with Gasteiger partial charge in [-0.05, 0) is 0 Å². The Labute approximate surface area is 139 Å². The van der Waals surface area contributed by atoms with Crippen molar-refractivity contribution >= 4 is 5.97 Å². The summed E-state index contributed by atoms with van der Waals surface area (Å²) >= 11 is 0. The number of carboxylic acid groups (broad SMARTS) is 1. The molecule has 0 rings (SSSR count). The molecule has 0 radical (unpaired) electrons. The number of carboxylic acids is 1. The molecule has 0 atom stereocenters. The summed E-state index contributed by atoms with van der Waals surface area (Å²) in [7, 11) is 0. The van der Waals surface area contributed by atoms with Crippen molar-refractivity contribution in [1.82, 2.24) is 4.90 Å². The van der Waals surface area contributed by atoms with Crippen LogP contribution in [0, 0.1) is 0 Å². The SMILES string of the molecule is O=C([O-])C(F)(F)C(F)(F)N(C(F)(F)F)C(F)(F)F.[K+]. The van der Waals surface area contributed by atoms with Crippen LogP contribution in [-0.2, 0) is 4.79 Å². The van der Waals surface area contributed by atoms with Gasteiger partial charge in [-0.1, -0.05) is 4.90 Å². The van der Waals surface area contributed by atoms with Crippen molar-refractivity contribution in [3.05, 3.63) is 0 Å². The van der Waals surface area contributed by atoms with Gasteiger partial charge in [0, 0.05) is 0 Å². The Hall–Kier alpha value is 0.366. The minimum atomic E-state index is -7.11. The van der Waals surface area contributed by atoms with Gasteiger partial charge >= 0.3 is 76.0 Å². The fourth-order valence-electron chi connectivity index (χ4n) is 0.725. The molecule has 108 valence electrons. The van der Waals surface area contributed by atoms with Gasteiger partial charge in [-0.25, -0.2) is 0 Å². The van der Waals surface area contributed by atoms with Crippen LogP contribution in [0.4, 0.5) is 43.9 Å². The van der Waals surface area contributed by atoms with Crippen molar-refractivity contribution in [3.8, 4) is 0 Å². The molecular formula is C5F10KNO2. The zero-order chi connectivity index (χ0) is 15.2. The molecule has 19 heavy (non-hydrogen) atoms. The van der Waals surface area contributed by atoms with Crippen LogP contribution in [0.25, 0.3) is 0 Å². The van der Waals surface area contributed by atoms with E-state index in [2.05, 4.69) is 0 Å². The van der Waals surface area contributed by atoms with E-state index in [1.165, 1.54) is 0 Å². The predicted octanol–water partition coefficient (Wildman–Crippen LogP) is -1.69. The molecule has 0 fully saturated rings. The van der Waals surface area contributed by atoms with Crippen molar-refractivity contribution in [2.75, 3.05) is 0 Å². The van der Waals surface area contributed by atoms with Gasteiger partial charge in [-0.3, -0.25) is 0 Å². The maximum absolute atomic E-state index is 12.4. The molecule has 0 aromatic carbocycles. The number of hydrogen-bond donors (Lipinski definition) is 0. The fraction of sp³-hybridized carbons (Fsp3) is 0.800. The molecule has 0 spiro atoms. The first kappa shape index (κ1) is 21.7. The number of aliphatic carboxylic acids is 1. The van der Waals surface area contributed by atoms with E-state index in [-0.39, 0.29) is 51.4 Å². The van der Waals surface area contributed by atoms with Crippen LogP contribution in [0.1, 0.15) is 0 Å². The van der Waals surface area contributed by atoms with Gasteiger partial charge in [0.1, 0.15) is 5.97 Å². The number of rotatable bonds is 3. The minimum Gasteiger partial charge on any atom is -0.544 e. The third-order valence-corrected chi connectivity index (χ3v) is 1.42. The number of halogens is 10. The van der Waals surface area contributed by atoms with Gasteiger partial charge < -0.3 is 9.90 Å². The minimum absolute atomic E-state index is 0. The Bertz CT molecular complexity index is 322. The summed E-state index contributed by atoms with van der Waals surface area (Å²) in [5.41, 5.74) is 0. The van der Waals surface area contributed by atoms with Gasteiger partial charge in [0.2, 0.25) is 0 Å². The molecule has 14 heteroatoms. The van der Waals surface area contributed by atoms with Gasteiger partial charge in [0.15, 0.2) is 0 Å². The Morgan fingerprint density at radius 2 is 1.05 bits per heavy atom. The van der Waals surface area contributed by atoms with Crippen LogP contribution in [0.3, 0.4) is 0 Å². The third-order valence-electron chi connectivity index (χ3n) is 1.42. The summed E-state index contributed by atoms with van der Waals surface area (Å²) in [5.74, 6) is -10.8. The molecule has 0 unspecified atom stereocenters. The number of hydrogen-bond acceptors (Lipinski definition) is 3. The Kier molecular flexibility index (Phi) is 6.85. The van der Waals surface area contributed by atoms with Crippen molar-refractivity contribution in [2.45, 2.75) is 24.6 Å². The van der Waals surface area contributed by atoms with Crippen LogP contribution in [0.15, 0.2) is 0 Å². The molecule has 0 aliphatic carbocycles. The molecule has 0 aromatic heterocycles. The zero-order valence-corrected chi connectivity index (χ0v) is 11.7. The first-order valence-corrected chi connectivity index (χ1v) is 3.47. The quantitative estimate of drug-likeness (QED) is 0.351. The second-order valence-corrected chi connectivity index (χ2v) is 2.67. The molecule has 0 aliphatic heterocycles. The molecule has 0 saturated heterocycles. The average Bonchev–Trinajstić information content (AvgIpc) is 1.95. The number of carbonyl (C=O) groups is 1. The van der Waals surface area contributed by atoms with Gasteiger partial charge in [0.05, 0.1) is 0 Å². The second kappa shape index (κ2) is 6.01. The summed E-state index contributed by atoms with van der Waals surface area (Å²) in [4.78, 5) is 5.71. The zero-order valence-electron chi connectivity index (χ0n) is 8.54. The monoisotopic (exact) mass is 335 g/mol. The Balaban J connectivity index is 0. The largest absolute Gasteiger partial charge is 1.00 e. The van der Waals surface area contributed by atoms with Crippen molar-refractivity contribution < 1.29 is 105 Å². The summed E-state index contributed by atoms with van der Waals surface area (Å²) in [5, 5.41) is 9.52. The third kappa shape index (κ3) is 4.42. The standard InChI is InChI=1S/C5HF10NO2.K/c6-2(7,1(17)18)3(8,9)16(4(10,11)12)5(13,14)15;/h(H,17,18);/q;+1/p-1. The maximum atomic E-state index is 12.4. The van der Waals surface area contributed by atoms with Gasteiger partial charge in [-0.2, -0.15) is 43.9 Å². The van der Waals surface area contributed by atoms with E-state index in [0.717, 1.165) is 0 Å². The van der Waals surface area contributed by atoms with Gasteiger partial charge in [-0.15, -0.1) is 0 Å². The Morgan fingerprint density at radius 3 is 1.21 bits per heavy atom. The molecular weight excluding hydrogens is 335 g/mol. The number of alkyl halides is 10. The predicted molar refractivity (Wildman–Crippen MR) is 28.9 cm³/mol. The normalized spacial score (nSPS) is 14.3. The Morgan fingerprint density at radius 1 is 0.789 bits per heavy atom. The van der Waals surface area contributed by atoms with Crippen LogP contribution in [0.5, 0.6) is 0 Å². The van der Waals surface area contributed by atoms with E-state index in [9.17, 15) is 53.8 Å². The molecule has 3 nitrogen and oxygen atoms in total. The van der Waals surface area contributed by atoms with Crippen LogP contribution >= 0.6 is 0 Å². The van der Waals surface area contributed by atoms with E-state index in [1.807, 2.05) is 0 Å². The molecule has 0 heterocycles. The smallest absolute Gasteiger partial charge is 0.544 e. The summed E-state index contributed by atoms with van der Waals surface area (Å²) in [6.45, 7) is 0. The van der Waals surface area contributed by atoms with E-state index >= 15 is 0 Å². The topological polar surface area (TPSA) is 43.4 Å². The van der Waals surface area contributed by atoms with Crippen molar-refractivity contribution in [2.24, 2.45) is 0 Å². The fourth-order valence-corrected chi connectivity index (χ4v) is 0.725. The van der Waals surface area contributed by atoms with E-state index < -0.39 is 35.4 Å². The molecule has 0 aliphatic rings. The summed E-state index contributed by atoms with van der Waals surface area (Å²) in [6, 6.07) is -7.11. The van der Waals surface area contributed by atoms with Gasteiger partial charge in [0.25, 0.3) is 0 Å². The van der Waals surface area contributed by atoms with E-state index in [1.54, 1.807) is 0 Å². The number of carbonyl (C=O) groups excluding carboxylic acids is 1. The molecule has 0 amide bonds. The first-order valence-electron chi connectivity index (χ1n) is 3.47. The van der Waals surface area contributed by atoms with E-state index in [4.69, 9.17) is 0 Å². The van der Waals surface area contributed by atoms with E-state index in [0.29, 0.717) is 0 Å². The van der Waals surface area contributed by atoms with Crippen LogP contribution < -0.4 is 56.5 Å². The van der Waals surface area contributed by atoms with Crippen LogP contribution in [-0.4, -0.2) is 35.4 Å². The number of nitrogens with zero attached hydrogens (tertiary/aromatic N) is 1. The summed E-state index contributed by atoms with van der Waals surface area (Å²) < 4.78 is 119. The van der Waals surface area contributed by atoms with Crippen LogP contribution in [0.2, 0.25) is 0 Å². The summed E-state index contributed by atoms with van der Waals surface area (Å²) in [6.07, 6.45) is -14.0. The first-order chi connectivity index (χ1) is 7.56.